The summed E-state index contributed by atoms with van der Waals surface area (Å²) in [7, 11) is 1.62. The van der Waals surface area contributed by atoms with Gasteiger partial charge in [-0.15, -0.1) is 12.8 Å². The highest BCUT2D eigenvalue weighted by Gasteiger charge is 1.95. The van der Waals surface area contributed by atoms with Crippen LogP contribution in [0.25, 0.3) is 0 Å². The molecule has 0 aliphatic heterocycles. The minimum Gasteiger partial charge on any atom is -0.356 e. The molecule has 1 N–H and O–H groups in total. The first kappa shape index (κ1) is 26.8. The lowest BCUT2D eigenvalue weighted by Crippen LogP contribution is -2.14. The molecule has 0 fully saturated rings. The van der Waals surface area contributed by atoms with Crippen molar-refractivity contribution in [3.63, 3.8) is 0 Å². The van der Waals surface area contributed by atoms with E-state index in [1.54, 1.807) is 20.0 Å². The van der Waals surface area contributed by atoms with Gasteiger partial charge in [-0.1, -0.05) is 45.9 Å². The predicted octanol–water partition coefficient (Wildman–Crippen LogP) is 4.85. The van der Waals surface area contributed by atoms with Crippen molar-refractivity contribution < 1.29 is 9.59 Å². The van der Waals surface area contributed by atoms with Crippen LogP contribution in [0.15, 0.2) is 36.0 Å². The van der Waals surface area contributed by atoms with Gasteiger partial charge >= 0.3 is 0 Å². The van der Waals surface area contributed by atoms with Gasteiger partial charge in [0.25, 0.3) is 0 Å². The van der Waals surface area contributed by atoms with Gasteiger partial charge in [-0.05, 0) is 43.8 Å². The summed E-state index contributed by atoms with van der Waals surface area (Å²) in [6.07, 6.45) is 21.6. The average molecular weight is 334 g/mol. The number of ketones is 1. The standard InChI is InChI=1S/C10H13NO.C7H14O.C2H6.C2H2/c1-11-10(12)8-7-9-5-3-2-4-6-9;1-6(2)4-5-7(3)8;2*1-2/h3,5-8H,2,4H2,1H3,(H,11,12);6H,4-5H2,1-3H3;1-2H3;1-2H/b8-7+;;;. The van der Waals surface area contributed by atoms with Gasteiger partial charge in [0.2, 0.25) is 5.91 Å². The molecular weight excluding hydrogens is 298 g/mol. The van der Waals surface area contributed by atoms with Gasteiger partial charge in [-0.3, -0.25) is 4.79 Å². The quantitative estimate of drug-likeness (QED) is 0.577. The van der Waals surface area contributed by atoms with Crippen molar-refractivity contribution in [1.82, 2.24) is 5.32 Å². The fraction of sp³-hybridized carbons (Fsp3) is 0.524. The van der Waals surface area contributed by atoms with Gasteiger partial charge < -0.3 is 10.1 Å². The number of carbonyl (C=O) groups excluding carboxylic acids is 2. The SMILES string of the molecule is C#C.CC.CC(=O)CCC(C)C.CNC(=O)/C=C/C1=CCCC=C1. The predicted molar refractivity (Wildman–Crippen MR) is 106 cm³/mol. The fourth-order valence-electron chi connectivity index (χ4n) is 1.50. The number of allylic oxidation sites excluding steroid dienone is 5. The monoisotopic (exact) mass is 333 g/mol. The van der Waals surface area contributed by atoms with Gasteiger partial charge in [0.1, 0.15) is 5.78 Å². The van der Waals surface area contributed by atoms with Crippen LogP contribution in [0.3, 0.4) is 0 Å². The third kappa shape index (κ3) is 22.2. The molecule has 1 aliphatic rings. The molecule has 0 spiro atoms. The molecule has 0 heterocycles. The molecule has 0 bridgehead atoms. The molecule has 0 aromatic heterocycles. The Balaban J connectivity index is -0.000000321. The van der Waals surface area contributed by atoms with Crippen LogP contribution in [0.1, 0.15) is 60.3 Å². The topological polar surface area (TPSA) is 46.2 Å². The van der Waals surface area contributed by atoms with Crippen LogP contribution in [0.5, 0.6) is 0 Å². The van der Waals surface area contributed by atoms with E-state index in [0.717, 1.165) is 31.3 Å². The fourth-order valence-corrected chi connectivity index (χ4v) is 1.50. The second kappa shape index (κ2) is 20.9. The zero-order valence-corrected chi connectivity index (χ0v) is 16.3. The lowest BCUT2D eigenvalue weighted by molar-refractivity contribution is -0.117. The molecule has 3 nitrogen and oxygen atoms in total. The first-order valence-corrected chi connectivity index (χ1v) is 8.55. The van der Waals surface area contributed by atoms with E-state index in [9.17, 15) is 9.59 Å². The second-order valence-electron chi connectivity index (χ2n) is 5.27. The number of likely N-dealkylation sites (N-methyl/N-ethyl adjacent to an activating group) is 1. The van der Waals surface area contributed by atoms with Crippen molar-refractivity contribution in [2.24, 2.45) is 5.92 Å². The Morgan fingerprint density at radius 3 is 2.17 bits per heavy atom. The molecule has 0 unspecified atom stereocenters. The van der Waals surface area contributed by atoms with Crippen molar-refractivity contribution in [3.8, 4) is 12.8 Å². The van der Waals surface area contributed by atoms with Crippen LogP contribution in [-0.2, 0) is 9.59 Å². The van der Waals surface area contributed by atoms with E-state index in [1.165, 1.54) is 0 Å². The Kier molecular flexibility index (Phi) is 23.4. The lowest BCUT2D eigenvalue weighted by Gasteiger charge is -2.00. The maximum atomic E-state index is 10.8. The summed E-state index contributed by atoms with van der Waals surface area (Å²) in [6, 6.07) is 0. The molecule has 136 valence electrons. The molecule has 3 heteroatoms. The number of amides is 1. The molecule has 0 aromatic rings. The van der Waals surface area contributed by atoms with Crippen LogP contribution in [0.2, 0.25) is 0 Å². The minimum atomic E-state index is -0.0603. The Morgan fingerprint density at radius 1 is 1.25 bits per heavy atom. The van der Waals surface area contributed by atoms with E-state index in [0.29, 0.717) is 11.7 Å². The normalized spacial score (nSPS) is 11.8. The van der Waals surface area contributed by atoms with Crippen LogP contribution >= 0.6 is 0 Å². The van der Waals surface area contributed by atoms with Crippen LogP contribution in [0.4, 0.5) is 0 Å². The molecule has 0 saturated carbocycles. The highest BCUT2D eigenvalue weighted by Crippen LogP contribution is 2.10. The third-order valence-corrected chi connectivity index (χ3v) is 2.77. The van der Waals surface area contributed by atoms with Gasteiger partial charge in [0.15, 0.2) is 0 Å². The molecule has 24 heavy (non-hydrogen) atoms. The minimum absolute atomic E-state index is 0.0603. The first-order valence-electron chi connectivity index (χ1n) is 8.55. The van der Waals surface area contributed by atoms with Crippen molar-refractivity contribution >= 4 is 11.7 Å². The Bertz CT molecular complexity index is 426. The van der Waals surface area contributed by atoms with E-state index < -0.39 is 0 Å². The summed E-state index contributed by atoms with van der Waals surface area (Å²) in [5.74, 6) is 0.910. The van der Waals surface area contributed by atoms with Crippen molar-refractivity contribution in [1.29, 1.82) is 0 Å². The van der Waals surface area contributed by atoms with Gasteiger partial charge in [-0.25, -0.2) is 0 Å². The summed E-state index contributed by atoms with van der Waals surface area (Å²) in [4.78, 5) is 21.2. The highest BCUT2D eigenvalue weighted by atomic mass is 16.1. The number of hydrogen-bond acceptors (Lipinski definition) is 2. The van der Waals surface area contributed by atoms with Crippen LogP contribution in [-0.4, -0.2) is 18.7 Å². The highest BCUT2D eigenvalue weighted by molar-refractivity contribution is 5.87. The molecule has 0 saturated heterocycles. The molecular formula is C21H35NO2. The van der Waals surface area contributed by atoms with Gasteiger partial charge in [0, 0.05) is 19.5 Å². The lowest BCUT2D eigenvalue weighted by atomic mass is 10.1. The van der Waals surface area contributed by atoms with Crippen molar-refractivity contribution in [2.45, 2.75) is 60.3 Å². The molecule has 1 aliphatic carbocycles. The second-order valence-corrected chi connectivity index (χ2v) is 5.27. The zero-order valence-electron chi connectivity index (χ0n) is 16.3. The number of carbonyl (C=O) groups is 2. The van der Waals surface area contributed by atoms with Crippen LogP contribution in [0, 0.1) is 18.8 Å². The summed E-state index contributed by atoms with van der Waals surface area (Å²) in [5.41, 5.74) is 1.12. The smallest absolute Gasteiger partial charge is 0.243 e. The van der Waals surface area contributed by atoms with E-state index >= 15 is 0 Å². The number of nitrogens with one attached hydrogen (secondary N) is 1. The Hall–Kier alpha value is -2.08. The Labute approximate surface area is 149 Å². The largest absolute Gasteiger partial charge is 0.356 e. The van der Waals surface area contributed by atoms with Crippen molar-refractivity contribution in [2.75, 3.05) is 7.05 Å². The Morgan fingerprint density at radius 2 is 1.83 bits per heavy atom. The van der Waals surface area contributed by atoms with E-state index in [2.05, 4.69) is 44.2 Å². The van der Waals surface area contributed by atoms with E-state index in [4.69, 9.17) is 0 Å². The summed E-state index contributed by atoms with van der Waals surface area (Å²) < 4.78 is 0. The van der Waals surface area contributed by atoms with E-state index in [1.807, 2.05) is 26.0 Å². The third-order valence-electron chi connectivity index (χ3n) is 2.77. The molecule has 1 rings (SSSR count). The number of Topliss-reactive ketones (excluding diaryl/α,β-unsaturated/α-hetero) is 1. The summed E-state index contributed by atoms with van der Waals surface area (Å²) in [6.45, 7) is 9.90. The maximum Gasteiger partial charge on any atom is 0.243 e. The van der Waals surface area contributed by atoms with Gasteiger partial charge in [-0.2, -0.15) is 0 Å². The zero-order chi connectivity index (χ0) is 19.4. The first-order chi connectivity index (χ1) is 11.5. The number of hydrogen-bond donors (Lipinski definition) is 1. The summed E-state index contributed by atoms with van der Waals surface area (Å²) >= 11 is 0. The molecule has 0 atom stereocenters. The maximum absolute atomic E-state index is 10.8. The number of rotatable bonds is 5. The molecule has 0 radical (unpaired) electrons. The van der Waals surface area contributed by atoms with Crippen molar-refractivity contribution in [3.05, 3.63) is 36.0 Å². The summed E-state index contributed by atoms with van der Waals surface area (Å²) in [5, 5.41) is 2.53. The molecule has 0 aromatic carbocycles. The average Bonchev–Trinajstić information content (AvgIpc) is 2.62. The van der Waals surface area contributed by atoms with E-state index in [-0.39, 0.29) is 5.91 Å². The number of terminal acetylenes is 1. The van der Waals surface area contributed by atoms with Crippen LogP contribution < -0.4 is 5.32 Å². The van der Waals surface area contributed by atoms with Gasteiger partial charge in [0.05, 0.1) is 0 Å². The molecule has 1 amide bonds.